The summed E-state index contributed by atoms with van der Waals surface area (Å²) in [7, 11) is 1.65. The van der Waals surface area contributed by atoms with Crippen LogP contribution in [-0.4, -0.2) is 22.1 Å². The van der Waals surface area contributed by atoms with Gasteiger partial charge in [0.05, 0.1) is 12.6 Å². The van der Waals surface area contributed by atoms with E-state index in [-0.39, 0.29) is 0 Å². The predicted octanol–water partition coefficient (Wildman–Crippen LogP) is 3.70. The molecule has 96 valence electrons. The van der Waals surface area contributed by atoms with Crippen molar-refractivity contribution in [2.24, 2.45) is 0 Å². The predicted molar refractivity (Wildman–Crippen MR) is 78.3 cm³/mol. The first-order valence-electron chi connectivity index (χ1n) is 5.84. The number of halogens is 1. The molecule has 0 saturated heterocycles. The maximum atomic E-state index is 5.25. The molecule has 0 amide bonds. The second kappa shape index (κ2) is 4.66. The Hall–Kier alpha value is -1.88. The summed E-state index contributed by atoms with van der Waals surface area (Å²) in [5.74, 6) is 1.57. The van der Waals surface area contributed by atoms with E-state index < -0.39 is 0 Å². The highest BCUT2D eigenvalue weighted by Crippen LogP contribution is 2.30. The van der Waals surface area contributed by atoms with Gasteiger partial charge in [-0.1, -0.05) is 15.9 Å². The summed E-state index contributed by atoms with van der Waals surface area (Å²) in [6.07, 6.45) is 0. The second-order valence-electron chi connectivity index (χ2n) is 4.25. The number of hydrogen-bond acceptors (Lipinski definition) is 3. The summed E-state index contributed by atoms with van der Waals surface area (Å²) in [4.78, 5) is 12.2. The van der Waals surface area contributed by atoms with Gasteiger partial charge in [-0.25, -0.2) is 9.97 Å². The minimum Gasteiger partial charge on any atom is -0.497 e. The van der Waals surface area contributed by atoms with Crippen LogP contribution in [0.1, 0.15) is 5.69 Å². The smallest absolute Gasteiger partial charge is 0.178 e. The maximum absolute atomic E-state index is 5.25. The Morgan fingerprint density at radius 1 is 1.16 bits per heavy atom. The number of imidazole rings is 1. The topological polar surface area (TPSA) is 50.8 Å². The van der Waals surface area contributed by atoms with Gasteiger partial charge in [-0.2, -0.15) is 0 Å². The molecule has 2 aromatic heterocycles. The number of benzene rings is 1. The van der Waals surface area contributed by atoms with Crippen molar-refractivity contribution in [2.75, 3.05) is 7.11 Å². The lowest BCUT2D eigenvalue weighted by atomic mass is 10.2. The third kappa shape index (κ3) is 2.21. The standard InChI is InChI=1S/C14H12BrN3O/c1-8-3-6-12-14(16-8)18-13(17-12)10-7-9(19-2)4-5-11(10)15/h3-7H,1-2H3,(H,16,17,18). The van der Waals surface area contributed by atoms with Gasteiger partial charge < -0.3 is 9.72 Å². The molecule has 0 bridgehead atoms. The van der Waals surface area contributed by atoms with E-state index in [0.29, 0.717) is 0 Å². The summed E-state index contributed by atoms with van der Waals surface area (Å²) in [5, 5.41) is 0. The van der Waals surface area contributed by atoms with Crippen molar-refractivity contribution in [3.05, 3.63) is 40.5 Å². The molecule has 0 unspecified atom stereocenters. The minimum atomic E-state index is 0.727. The van der Waals surface area contributed by atoms with Gasteiger partial charge >= 0.3 is 0 Å². The first kappa shape index (κ1) is 12.2. The Bertz CT molecular complexity index is 752. The largest absolute Gasteiger partial charge is 0.497 e. The van der Waals surface area contributed by atoms with Crippen molar-refractivity contribution in [3.8, 4) is 17.1 Å². The normalized spacial score (nSPS) is 10.9. The highest BCUT2D eigenvalue weighted by atomic mass is 79.9. The van der Waals surface area contributed by atoms with Gasteiger partial charge in [0.1, 0.15) is 11.6 Å². The maximum Gasteiger partial charge on any atom is 0.178 e. The summed E-state index contributed by atoms with van der Waals surface area (Å²) in [6, 6.07) is 9.74. The Morgan fingerprint density at radius 2 is 2.00 bits per heavy atom. The number of ether oxygens (including phenoxy) is 1. The Labute approximate surface area is 119 Å². The van der Waals surface area contributed by atoms with Crippen molar-refractivity contribution in [1.29, 1.82) is 0 Å². The molecular formula is C14H12BrN3O. The quantitative estimate of drug-likeness (QED) is 0.784. The van der Waals surface area contributed by atoms with Gasteiger partial charge in [-0.15, -0.1) is 0 Å². The van der Waals surface area contributed by atoms with Crippen LogP contribution in [0.25, 0.3) is 22.6 Å². The number of aromatic amines is 1. The van der Waals surface area contributed by atoms with Crippen molar-refractivity contribution in [3.63, 3.8) is 0 Å². The average Bonchev–Trinajstić information content (AvgIpc) is 2.82. The average molecular weight is 318 g/mol. The van der Waals surface area contributed by atoms with Crippen LogP contribution in [0.5, 0.6) is 5.75 Å². The zero-order valence-electron chi connectivity index (χ0n) is 10.6. The van der Waals surface area contributed by atoms with Crippen LogP contribution in [0.3, 0.4) is 0 Å². The van der Waals surface area contributed by atoms with Crippen LogP contribution in [0.4, 0.5) is 0 Å². The number of fused-ring (bicyclic) bond motifs is 1. The van der Waals surface area contributed by atoms with Crippen LogP contribution in [0, 0.1) is 6.92 Å². The fraction of sp³-hybridized carbons (Fsp3) is 0.143. The van der Waals surface area contributed by atoms with E-state index in [1.165, 1.54) is 0 Å². The van der Waals surface area contributed by atoms with Gasteiger partial charge in [-0.3, -0.25) is 0 Å². The Morgan fingerprint density at radius 3 is 2.79 bits per heavy atom. The molecule has 2 heterocycles. The van der Waals surface area contributed by atoms with Gasteiger partial charge in [-0.05, 0) is 37.3 Å². The summed E-state index contributed by atoms with van der Waals surface area (Å²) in [5.41, 5.74) is 3.56. The highest BCUT2D eigenvalue weighted by Gasteiger charge is 2.10. The van der Waals surface area contributed by atoms with Crippen molar-refractivity contribution >= 4 is 27.1 Å². The molecule has 1 N–H and O–H groups in total. The monoisotopic (exact) mass is 317 g/mol. The number of methoxy groups -OCH3 is 1. The molecule has 0 spiro atoms. The zero-order valence-corrected chi connectivity index (χ0v) is 12.2. The molecule has 0 aliphatic rings. The Kier molecular flexibility index (Phi) is 2.98. The summed E-state index contributed by atoms with van der Waals surface area (Å²) < 4.78 is 6.21. The van der Waals surface area contributed by atoms with E-state index in [1.54, 1.807) is 7.11 Å². The van der Waals surface area contributed by atoms with Crippen molar-refractivity contribution in [2.45, 2.75) is 6.92 Å². The molecule has 5 heteroatoms. The zero-order chi connectivity index (χ0) is 13.4. The van der Waals surface area contributed by atoms with Gasteiger partial charge in [0, 0.05) is 15.7 Å². The lowest BCUT2D eigenvalue weighted by molar-refractivity contribution is 0.415. The molecule has 3 rings (SSSR count). The molecule has 1 aromatic carbocycles. The Balaban J connectivity index is 2.18. The third-order valence-electron chi connectivity index (χ3n) is 2.91. The molecule has 19 heavy (non-hydrogen) atoms. The number of rotatable bonds is 2. The van der Waals surface area contributed by atoms with E-state index in [2.05, 4.69) is 30.9 Å². The van der Waals surface area contributed by atoms with E-state index in [1.807, 2.05) is 37.3 Å². The van der Waals surface area contributed by atoms with E-state index in [4.69, 9.17) is 4.74 Å². The molecule has 0 aliphatic heterocycles. The summed E-state index contributed by atoms with van der Waals surface area (Å²) in [6.45, 7) is 1.95. The van der Waals surface area contributed by atoms with Gasteiger partial charge in [0.15, 0.2) is 5.65 Å². The van der Waals surface area contributed by atoms with Gasteiger partial charge in [0.25, 0.3) is 0 Å². The van der Waals surface area contributed by atoms with Crippen LogP contribution >= 0.6 is 15.9 Å². The lowest BCUT2D eigenvalue weighted by Crippen LogP contribution is -1.87. The third-order valence-corrected chi connectivity index (χ3v) is 3.61. The van der Waals surface area contributed by atoms with E-state index in [0.717, 1.165) is 38.5 Å². The number of aromatic nitrogens is 3. The minimum absolute atomic E-state index is 0.727. The summed E-state index contributed by atoms with van der Waals surface area (Å²) >= 11 is 3.53. The molecule has 0 radical (unpaired) electrons. The number of aryl methyl sites for hydroxylation is 1. The van der Waals surface area contributed by atoms with Crippen molar-refractivity contribution < 1.29 is 4.74 Å². The number of nitrogens with one attached hydrogen (secondary N) is 1. The molecular weight excluding hydrogens is 306 g/mol. The first-order chi connectivity index (χ1) is 9.17. The molecule has 4 nitrogen and oxygen atoms in total. The van der Waals surface area contributed by atoms with Crippen LogP contribution < -0.4 is 4.74 Å². The lowest BCUT2D eigenvalue weighted by Gasteiger charge is -2.04. The van der Waals surface area contributed by atoms with E-state index >= 15 is 0 Å². The van der Waals surface area contributed by atoms with E-state index in [9.17, 15) is 0 Å². The molecule has 0 saturated carbocycles. The van der Waals surface area contributed by atoms with Gasteiger partial charge in [0.2, 0.25) is 0 Å². The SMILES string of the molecule is COc1ccc(Br)c(-c2nc3nc(C)ccc3[nH]2)c1. The second-order valence-corrected chi connectivity index (χ2v) is 5.11. The molecule has 0 aliphatic carbocycles. The number of nitrogens with zero attached hydrogens (tertiary/aromatic N) is 2. The number of hydrogen-bond donors (Lipinski definition) is 1. The molecule has 0 fully saturated rings. The van der Waals surface area contributed by atoms with Crippen LogP contribution in [0.15, 0.2) is 34.8 Å². The van der Waals surface area contributed by atoms with Crippen LogP contribution in [0.2, 0.25) is 0 Å². The molecule has 3 aromatic rings. The number of pyridine rings is 1. The number of H-pyrrole nitrogens is 1. The highest BCUT2D eigenvalue weighted by molar-refractivity contribution is 9.10. The van der Waals surface area contributed by atoms with Crippen LogP contribution in [-0.2, 0) is 0 Å². The molecule has 0 atom stereocenters. The fourth-order valence-electron chi connectivity index (χ4n) is 1.93. The van der Waals surface area contributed by atoms with Crippen molar-refractivity contribution in [1.82, 2.24) is 15.0 Å². The fourth-order valence-corrected chi connectivity index (χ4v) is 2.36. The first-order valence-corrected chi connectivity index (χ1v) is 6.64.